The number of aliphatic hydroxyl groups is 1. The summed E-state index contributed by atoms with van der Waals surface area (Å²) in [6.45, 7) is 1.25. The number of carboxylic acid groups (broad SMARTS) is 1. The van der Waals surface area contributed by atoms with E-state index in [9.17, 15) is 19.1 Å². The van der Waals surface area contributed by atoms with E-state index in [1.807, 2.05) is 0 Å². The second kappa shape index (κ2) is 7.02. The van der Waals surface area contributed by atoms with Crippen molar-refractivity contribution in [1.29, 1.82) is 0 Å². The van der Waals surface area contributed by atoms with Crippen molar-refractivity contribution in [1.82, 2.24) is 5.32 Å². The van der Waals surface area contributed by atoms with E-state index in [1.54, 1.807) is 0 Å². The maximum Gasteiger partial charge on any atom is 0.328 e. The van der Waals surface area contributed by atoms with Gasteiger partial charge in [0, 0.05) is 6.08 Å². The van der Waals surface area contributed by atoms with E-state index in [4.69, 9.17) is 16.7 Å². The molecule has 0 aromatic heterocycles. The van der Waals surface area contributed by atoms with Crippen molar-refractivity contribution in [2.24, 2.45) is 0 Å². The molecule has 1 aromatic carbocycles. The molecule has 0 radical (unpaired) electrons. The van der Waals surface area contributed by atoms with Crippen LogP contribution in [0.3, 0.4) is 0 Å². The summed E-state index contributed by atoms with van der Waals surface area (Å²) in [6, 6.07) is 2.48. The molecule has 20 heavy (non-hydrogen) atoms. The number of carbonyl (C=O) groups excluding carboxylic acids is 1. The highest BCUT2D eigenvalue weighted by molar-refractivity contribution is 6.30. The first-order valence-corrected chi connectivity index (χ1v) is 6.03. The summed E-state index contributed by atoms with van der Waals surface area (Å²) < 4.78 is 12.9. The van der Waals surface area contributed by atoms with E-state index >= 15 is 0 Å². The first kappa shape index (κ1) is 16.1. The average Bonchev–Trinajstić information content (AvgIpc) is 2.36. The third-order valence-electron chi connectivity index (χ3n) is 2.42. The molecule has 0 unspecified atom stereocenters. The molecule has 2 atom stereocenters. The lowest BCUT2D eigenvalue weighted by atomic mass is 10.1. The Morgan fingerprint density at radius 1 is 1.45 bits per heavy atom. The molecule has 0 fully saturated rings. The highest BCUT2D eigenvalue weighted by atomic mass is 35.5. The first-order valence-electron chi connectivity index (χ1n) is 5.65. The van der Waals surface area contributed by atoms with Crippen LogP contribution in [0.1, 0.15) is 12.5 Å². The van der Waals surface area contributed by atoms with Gasteiger partial charge in [0.15, 0.2) is 6.04 Å². The lowest BCUT2D eigenvalue weighted by molar-refractivity contribution is -0.144. The van der Waals surface area contributed by atoms with Crippen LogP contribution in [-0.4, -0.2) is 34.2 Å². The van der Waals surface area contributed by atoms with Gasteiger partial charge in [0.1, 0.15) is 5.82 Å². The normalized spacial score (nSPS) is 14.0. The van der Waals surface area contributed by atoms with Crippen molar-refractivity contribution < 1.29 is 24.2 Å². The third kappa shape index (κ3) is 4.64. The lowest BCUT2D eigenvalue weighted by Gasteiger charge is -2.15. The topological polar surface area (TPSA) is 86.6 Å². The zero-order valence-corrected chi connectivity index (χ0v) is 11.3. The van der Waals surface area contributed by atoms with Gasteiger partial charge in [0.2, 0.25) is 5.91 Å². The second-order valence-electron chi connectivity index (χ2n) is 4.07. The fraction of sp³-hybridized carbons (Fsp3) is 0.231. The number of benzene rings is 1. The molecule has 0 aliphatic carbocycles. The van der Waals surface area contributed by atoms with Crippen LogP contribution in [0.15, 0.2) is 24.3 Å². The van der Waals surface area contributed by atoms with Crippen LogP contribution in [-0.2, 0) is 9.59 Å². The molecule has 1 aromatic rings. The number of halogens is 2. The van der Waals surface area contributed by atoms with Crippen LogP contribution >= 0.6 is 11.6 Å². The van der Waals surface area contributed by atoms with Gasteiger partial charge in [0.25, 0.3) is 0 Å². The number of hydrogen-bond acceptors (Lipinski definition) is 3. The van der Waals surface area contributed by atoms with E-state index < -0.39 is 29.8 Å². The third-order valence-corrected chi connectivity index (χ3v) is 2.71. The first-order chi connectivity index (χ1) is 9.31. The standard InChI is InChI=1S/C13H13ClFNO4/c1-7(17)12(13(19)20)16-11(18)5-3-8-2-4-10(15)9(14)6-8/h2-7,12,17H,1H3,(H,16,18)(H,19,20)/b5-3+/t7-,12+/m1/s1. The largest absolute Gasteiger partial charge is 0.480 e. The predicted octanol–water partition coefficient (Wildman–Crippen LogP) is 1.44. The summed E-state index contributed by atoms with van der Waals surface area (Å²) >= 11 is 5.58. The number of rotatable bonds is 5. The summed E-state index contributed by atoms with van der Waals surface area (Å²) in [5.41, 5.74) is 0.482. The van der Waals surface area contributed by atoms with Crippen LogP contribution in [0.25, 0.3) is 6.08 Å². The van der Waals surface area contributed by atoms with Crippen molar-refractivity contribution in [3.8, 4) is 0 Å². The van der Waals surface area contributed by atoms with E-state index in [1.165, 1.54) is 25.1 Å². The maximum atomic E-state index is 12.9. The zero-order valence-electron chi connectivity index (χ0n) is 10.5. The molecular weight excluding hydrogens is 289 g/mol. The molecule has 7 heteroatoms. The van der Waals surface area contributed by atoms with Crippen LogP contribution in [0.5, 0.6) is 0 Å². The number of amides is 1. The van der Waals surface area contributed by atoms with Crippen molar-refractivity contribution in [3.05, 3.63) is 40.7 Å². The van der Waals surface area contributed by atoms with Crippen molar-refractivity contribution in [2.45, 2.75) is 19.1 Å². The van der Waals surface area contributed by atoms with Crippen molar-refractivity contribution >= 4 is 29.6 Å². The van der Waals surface area contributed by atoms with E-state index in [0.29, 0.717) is 5.56 Å². The van der Waals surface area contributed by atoms with Crippen LogP contribution in [0, 0.1) is 5.82 Å². The van der Waals surface area contributed by atoms with Crippen LogP contribution in [0.2, 0.25) is 5.02 Å². The number of hydrogen-bond donors (Lipinski definition) is 3. The fourth-order valence-corrected chi connectivity index (χ4v) is 1.57. The monoisotopic (exact) mass is 301 g/mol. The molecule has 0 aliphatic heterocycles. The highest BCUT2D eigenvalue weighted by Gasteiger charge is 2.23. The van der Waals surface area contributed by atoms with Crippen LogP contribution in [0.4, 0.5) is 4.39 Å². The average molecular weight is 302 g/mol. The number of carboxylic acids is 1. The Bertz CT molecular complexity index is 545. The van der Waals surface area contributed by atoms with Gasteiger partial charge in [-0.25, -0.2) is 9.18 Å². The Balaban J connectivity index is 2.72. The van der Waals surface area contributed by atoms with Gasteiger partial charge in [-0.2, -0.15) is 0 Å². The fourth-order valence-electron chi connectivity index (χ4n) is 1.38. The van der Waals surface area contributed by atoms with Crippen LogP contribution < -0.4 is 5.32 Å². The van der Waals surface area contributed by atoms with Crippen molar-refractivity contribution in [3.63, 3.8) is 0 Å². The Morgan fingerprint density at radius 2 is 2.10 bits per heavy atom. The minimum Gasteiger partial charge on any atom is -0.480 e. The van der Waals surface area contributed by atoms with E-state index in [2.05, 4.69) is 5.32 Å². The summed E-state index contributed by atoms with van der Waals surface area (Å²) in [7, 11) is 0. The number of carbonyl (C=O) groups is 2. The summed E-state index contributed by atoms with van der Waals surface area (Å²) in [6.07, 6.45) is 1.19. The smallest absolute Gasteiger partial charge is 0.328 e. The summed E-state index contributed by atoms with van der Waals surface area (Å²) in [5.74, 6) is -2.61. The van der Waals surface area contributed by atoms with Gasteiger partial charge in [-0.3, -0.25) is 4.79 Å². The Labute approximate surface area is 119 Å². The predicted molar refractivity (Wildman–Crippen MR) is 71.7 cm³/mol. The SMILES string of the molecule is C[C@@H](O)[C@H](NC(=O)/C=C/c1ccc(F)c(Cl)c1)C(=O)O. The molecule has 0 saturated carbocycles. The molecule has 0 spiro atoms. The molecular formula is C13H13ClFNO4. The quantitative estimate of drug-likeness (QED) is 0.718. The summed E-state index contributed by atoms with van der Waals surface area (Å²) in [5, 5.41) is 20.0. The minimum absolute atomic E-state index is 0.0834. The van der Waals surface area contributed by atoms with E-state index in [-0.39, 0.29) is 5.02 Å². The second-order valence-corrected chi connectivity index (χ2v) is 4.48. The Kier molecular flexibility index (Phi) is 5.66. The van der Waals surface area contributed by atoms with Gasteiger partial charge >= 0.3 is 5.97 Å². The molecule has 1 rings (SSSR count). The number of aliphatic carboxylic acids is 1. The van der Waals surface area contributed by atoms with Gasteiger partial charge in [-0.1, -0.05) is 17.7 Å². The molecule has 0 saturated heterocycles. The lowest BCUT2D eigenvalue weighted by Crippen LogP contribution is -2.47. The number of nitrogens with one attached hydrogen (secondary N) is 1. The molecule has 0 heterocycles. The van der Waals surface area contributed by atoms with E-state index in [0.717, 1.165) is 12.1 Å². The molecule has 1 amide bonds. The molecule has 3 N–H and O–H groups in total. The molecule has 5 nitrogen and oxygen atoms in total. The van der Waals surface area contributed by atoms with Gasteiger partial charge in [0.05, 0.1) is 11.1 Å². The zero-order chi connectivity index (χ0) is 15.3. The van der Waals surface area contributed by atoms with Gasteiger partial charge < -0.3 is 15.5 Å². The highest BCUT2D eigenvalue weighted by Crippen LogP contribution is 2.16. The van der Waals surface area contributed by atoms with Gasteiger partial charge in [-0.15, -0.1) is 0 Å². The molecule has 108 valence electrons. The molecule has 0 aliphatic rings. The Hall–Kier alpha value is -1.92. The Morgan fingerprint density at radius 3 is 2.60 bits per heavy atom. The molecule has 0 bridgehead atoms. The minimum atomic E-state index is -1.40. The van der Waals surface area contributed by atoms with Gasteiger partial charge in [-0.05, 0) is 30.7 Å². The summed E-state index contributed by atoms with van der Waals surface area (Å²) in [4.78, 5) is 22.3. The maximum absolute atomic E-state index is 12.9. The van der Waals surface area contributed by atoms with Crippen molar-refractivity contribution in [2.75, 3.05) is 0 Å². The number of aliphatic hydroxyl groups excluding tert-OH is 1.